The molecule has 0 aliphatic carbocycles. The summed E-state index contributed by atoms with van der Waals surface area (Å²) in [5.41, 5.74) is 0.865. The van der Waals surface area contributed by atoms with Crippen LogP contribution in [0.1, 0.15) is 26.3 Å². The lowest BCUT2D eigenvalue weighted by atomic mass is 10.1. The minimum atomic E-state index is -3.88. The van der Waals surface area contributed by atoms with E-state index in [9.17, 15) is 8.42 Å². The average molecular weight is 244 g/mol. The van der Waals surface area contributed by atoms with Crippen LogP contribution in [0.5, 0.6) is 0 Å². The molecule has 1 rings (SSSR count). The number of rotatable bonds is 3. The molecule has 4 nitrogen and oxygen atoms in total. The van der Waals surface area contributed by atoms with Crippen molar-refractivity contribution in [2.75, 3.05) is 5.75 Å². The summed E-state index contributed by atoms with van der Waals surface area (Å²) in [6, 6.07) is 3.73. The fraction of sp³-hybridized carbons (Fsp3) is 0.545. The van der Waals surface area contributed by atoms with Gasteiger partial charge in [-0.05, 0) is 12.5 Å². The first-order valence-corrected chi connectivity index (χ1v) is 6.75. The number of hydrogen-bond acceptors (Lipinski definition) is 2. The van der Waals surface area contributed by atoms with E-state index in [1.165, 1.54) is 0 Å². The molecular weight excluding hydrogens is 226 g/mol. The van der Waals surface area contributed by atoms with Crippen molar-refractivity contribution in [3.05, 3.63) is 30.1 Å². The summed E-state index contributed by atoms with van der Waals surface area (Å²) in [7, 11) is -3.88. The molecule has 1 aromatic rings. The molecule has 1 N–H and O–H groups in total. The van der Waals surface area contributed by atoms with E-state index in [1.807, 2.05) is 29.1 Å². The van der Waals surface area contributed by atoms with Crippen LogP contribution in [0, 0.1) is 0 Å². The van der Waals surface area contributed by atoms with E-state index in [1.54, 1.807) is 0 Å². The van der Waals surface area contributed by atoms with Crippen LogP contribution >= 0.6 is 0 Å². The van der Waals surface area contributed by atoms with Crippen molar-refractivity contribution in [2.24, 2.45) is 0 Å². The second kappa shape index (κ2) is 4.51. The van der Waals surface area contributed by atoms with Gasteiger partial charge < -0.3 is 0 Å². The smallest absolute Gasteiger partial charge is 0.265 e. The van der Waals surface area contributed by atoms with Gasteiger partial charge in [0, 0.05) is 32.4 Å². The molecule has 0 saturated carbocycles. The van der Waals surface area contributed by atoms with E-state index in [0.717, 1.165) is 5.56 Å². The van der Waals surface area contributed by atoms with Crippen molar-refractivity contribution in [1.29, 1.82) is 0 Å². The molecule has 1 aromatic heterocycles. The largest absolute Gasteiger partial charge is 0.286 e. The van der Waals surface area contributed by atoms with Gasteiger partial charge in [-0.1, -0.05) is 0 Å². The van der Waals surface area contributed by atoms with Crippen LogP contribution in [0.25, 0.3) is 0 Å². The molecule has 0 saturated heterocycles. The van der Waals surface area contributed by atoms with Crippen LogP contribution in [0.15, 0.2) is 24.5 Å². The Morgan fingerprint density at radius 2 is 2.00 bits per heavy atom. The Hall–Kier alpha value is -0.940. The van der Waals surface area contributed by atoms with E-state index in [4.69, 9.17) is 4.55 Å². The predicted octanol–water partition coefficient (Wildman–Crippen LogP) is 1.16. The maximum atomic E-state index is 10.6. The van der Waals surface area contributed by atoms with Crippen LogP contribution in [0.2, 0.25) is 0 Å². The summed E-state index contributed by atoms with van der Waals surface area (Å²) < 4.78 is 32.0. The molecule has 0 aliphatic heterocycles. The Bertz CT molecular complexity index is 460. The first-order valence-electron chi connectivity index (χ1n) is 5.14. The molecule has 1 heterocycles. The Balaban J connectivity index is 2.84. The molecule has 0 atom stereocenters. The van der Waals surface area contributed by atoms with Crippen LogP contribution < -0.4 is 4.57 Å². The first-order chi connectivity index (χ1) is 7.18. The van der Waals surface area contributed by atoms with Crippen molar-refractivity contribution in [3.8, 4) is 0 Å². The predicted molar refractivity (Wildman–Crippen MR) is 61.8 cm³/mol. The topological polar surface area (TPSA) is 58.2 Å². The lowest BCUT2D eigenvalue weighted by Crippen LogP contribution is -2.49. The third-order valence-electron chi connectivity index (χ3n) is 2.29. The fourth-order valence-corrected chi connectivity index (χ4v) is 1.83. The molecule has 0 aromatic carbocycles. The van der Waals surface area contributed by atoms with Crippen molar-refractivity contribution in [2.45, 2.75) is 32.7 Å². The van der Waals surface area contributed by atoms with E-state index in [0.29, 0.717) is 6.42 Å². The highest BCUT2D eigenvalue weighted by molar-refractivity contribution is 7.85. The zero-order chi connectivity index (χ0) is 12.4. The van der Waals surface area contributed by atoms with Gasteiger partial charge in [-0.25, -0.2) is 4.57 Å². The second-order valence-corrected chi connectivity index (χ2v) is 6.40. The Morgan fingerprint density at radius 1 is 1.38 bits per heavy atom. The van der Waals surface area contributed by atoms with Gasteiger partial charge in [-0.15, -0.1) is 0 Å². The summed E-state index contributed by atoms with van der Waals surface area (Å²) in [5.74, 6) is -0.235. The summed E-state index contributed by atoms with van der Waals surface area (Å²) in [4.78, 5) is 0. The molecule has 0 unspecified atom stereocenters. The number of pyridine rings is 1. The van der Waals surface area contributed by atoms with Gasteiger partial charge in [0.2, 0.25) is 0 Å². The monoisotopic (exact) mass is 244 g/mol. The zero-order valence-electron chi connectivity index (χ0n) is 9.84. The number of hydrogen-bond donors (Lipinski definition) is 1. The summed E-state index contributed by atoms with van der Waals surface area (Å²) in [6.45, 7) is 6.21. The maximum Gasteiger partial charge on any atom is 0.265 e. The summed E-state index contributed by atoms with van der Waals surface area (Å²) in [5, 5.41) is 0. The summed E-state index contributed by atoms with van der Waals surface area (Å²) in [6.07, 6.45) is 4.18. The first kappa shape index (κ1) is 13.1. The van der Waals surface area contributed by atoms with Crippen LogP contribution in [0.4, 0.5) is 0 Å². The molecule has 0 spiro atoms. The van der Waals surface area contributed by atoms with Gasteiger partial charge in [0.25, 0.3) is 10.1 Å². The normalized spacial score (nSPS) is 12.8. The van der Waals surface area contributed by atoms with E-state index in [2.05, 4.69) is 20.8 Å². The van der Waals surface area contributed by atoms with Crippen molar-refractivity contribution >= 4 is 10.1 Å². The average Bonchev–Trinajstić information content (AvgIpc) is 2.13. The van der Waals surface area contributed by atoms with Crippen molar-refractivity contribution in [1.82, 2.24) is 0 Å². The third-order valence-corrected chi connectivity index (χ3v) is 3.01. The van der Waals surface area contributed by atoms with E-state index < -0.39 is 10.1 Å². The molecular formula is C11H18NO3S+. The van der Waals surface area contributed by atoms with Gasteiger partial charge in [0.15, 0.2) is 17.9 Å². The molecule has 90 valence electrons. The highest BCUT2D eigenvalue weighted by atomic mass is 32.2. The summed E-state index contributed by atoms with van der Waals surface area (Å²) >= 11 is 0. The van der Waals surface area contributed by atoms with Crippen LogP contribution in [-0.4, -0.2) is 18.7 Å². The van der Waals surface area contributed by atoms with Gasteiger partial charge >= 0.3 is 0 Å². The van der Waals surface area contributed by atoms with Crippen molar-refractivity contribution in [3.63, 3.8) is 0 Å². The maximum absolute atomic E-state index is 10.6. The molecule has 16 heavy (non-hydrogen) atoms. The molecule has 0 radical (unpaired) electrons. The third kappa shape index (κ3) is 4.28. The van der Waals surface area contributed by atoms with Gasteiger partial charge in [-0.3, -0.25) is 4.55 Å². The Labute approximate surface area is 96.7 Å². The standard InChI is InChI=1S/C11H17NO3S/c1-11(2,3)12-7-4-5-10(9-12)6-8-16(13,14)15/h4-5,7,9H,6,8H2,1-3H3/p+1. The quantitative estimate of drug-likeness (QED) is 0.641. The van der Waals surface area contributed by atoms with Crippen LogP contribution in [0.3, 0.4) is 0 Å². The number of aromatic nitrogens is 1. The highest BCUT2D eigenvalue weighted by Crippen LogP contribution is 2.05. The lowest BCUT2D eigenvalue weighted by Gasteiger charge is -2.13. The zero-order valence-corrected chi connectivity index (χ0v) is 10.7. The van der Waals surface area contributed by atoms with Crippen molar-refractivity contribution < 1.29 is 17.5 Å². The fourth-order valence-electron chi connectivity index (χ4n) is 1.34. The SMILES string of the molecule is CC(C)(C)[n+]1cccc(CCS(=O)(=O)O)c1. The molecule has 5 heteroatoms. The Kier molecular flexibility index (Phi) is 3.70. The molecule has 0 amide bonds. The molecule has 0 fully saturated rings. The lowest BCUT2D eigenvalue weighted by molar-refractivity contribution is -0.754. The second-order valence-electron chi connectivity index (χ2n) is 4.83. The minimum absolute atomic E-state index is 0.0336. The Morgan fingerprint density at radius 3 is 2.50 bits per heavy atom. The van der Waals surface area contributed by atoms with Gasteiger partial charge in [0.05, 0.1) is 5.75 Å². The van der Waals surface area contributed by atoms with E-state index in [-0.39, 0.29) is 11.3 Å². The highest BCUT2D eigenvalue weighted by Gasteiger charge is 2.21. The van der Waals surface area contributed by atoms with Gasteiger partial charge in [-0.2, -0.15) is 8.42 Å². The van der Waals surface area contributed by atoms with Gasteiger partial charge in [0.1, 0.15) is 0 Å². The van der Waals surface area contributed by atoms with Crippen LogP contribution in [-0.2, 0) is 22.1 Å². The minimum Gasteiger partial charge on any atom is -0.286 e. The molecule has 0 bridgehead atoms. The van der Waals surface area contributed by atoms with E-state index >= 15 is 0 Å². The molecule has 0 aliphatic rings. The number of nitrogens with zero attached hydrogens (tertiary/aromatic N) is 1. The number of aryl methyl sites for hydroxylation is 1.